The number of hydrogen-bond donors (Lipinski definition) is 0. The summed E-state index contributed by atoms with van der Waals surface area (Å²) in [6.07, 6.45) is 11.7. The Kier molecular flexibility index (Phi) is 10.0. The molecule has 0 aromatic carbocycles. The molecule has 0 radical (unpaired) electrons. The first-order valence-electron chi connectivity index (χ1n) is 8.94. The van der Waals surface area contributed by atoms with Crippen LogP contribution in [0.4, 0.5) is 0 Å². The van der Waals surface area contributed by atoms with Gasteiger partial charge < -0.3 is 4.74 Å². The van der Waals surface area contributed by atoms with Crippen molar-refractivity contribution in [3.8, 4) is 0 Å². The number of halogens is 1. The summed E-state index contributed by atoms with van der Waals surface area (Å²) in [7, 11) is 0. The molecule has 4 heteroatoms. The average Bonchev–Trinajstić information content (AvgIpc) is 2.50. The Morgan fingerprint density at radius 3 is 2.27 bits per heavy atom. The lowest BCUT2D eigenvalue weighted by Crippen LogP contribution is -2.41. The van der Waals surface area contributed by atoms with Crippen LogP contribution in [0.2, 0.25) is 0 Å². The monoisotopic (exact) mass is 374 g/mol. The van der Waals surface area contributed by atoms with Crippen molar-refractivity contribution in [2.75, 3.05) is 11.9 Å². The summed E-state index contributed by atoms with van der Waals surface area (Å²) in [6, 6.07) is 0. The van der Waals surface area contributed by atoms with E-state index < -0.39 is 5.41 Å². The summed E-state index contributed by atoms with van der Waals surface area (Å²) < 4.78 is 5.30. The van der Waals surface area contributed by atoms with Crippen LogP contribution in [0.15, 0.2) is 0 Å². The molecule has 0 aromatic heterocycles. The zero-order valence-corrected chi connectivity index (χ0v) is 15.6. The summed E-state index contributed by atoms with van der Waals surface area (Å²) in [5.74, 6) is -0.162. The molecule has 0 amide bonds. The molecule has 1 aliphatic rings. The number of ether oxygens (including phenoxy) is 1. The SMILES string of the molecule is CCOC(=O)C1(CCCBr)CCCCCCCCCCC1=O. The first-order valence-corrected chi connectivity index (χ1v) is 10.1. The molecule has 0 spiro atoms. The summed E-state index contributed by atoms with van der Waals surface area (Å²) in [4.78, 5) is 25.5. The molecule has 0 saturated heterocycles. The highest BCUT2D eigenvalue weighted by atomic mass is 79.9. The van der Waals surface area contributed by atoms with Gasteiger partial charge in [-0.25, -0.2) is 0 Å². The van der Waals surface area contributed by atoms with Gasteiger partial charge >= 0.3 is 5.97 Å². The van der Waals surface area contributed by atoms with E-state index >= 15 is 0 Å². The van der Waals surface area contributed by atoms with Crippen molar-refractivity contribution in [3.63, 3.8) is 0 Å². The second kappa shape index (κ2) is 11.2. The molecule has 1 saturated carbocycles. The van der Waals surface area contributed by atoms with Gasteiger partial charge in [-0.15, -0.1) is 0 Å². The molecule has 1 atom stereocenters. The summed E-state index contributed by atoms with van der Waals surface area (Å²) in [5.41, 5.74) is -0.886. The summed E-state index contributed by atoms with van der Waals surface area (Å²) in [5, 5.41) is 0.821. The lowest BCUT2D eigenvalue weighted by atomic mass is 9.73. The minimum absolute atomic E-state index is 0.118. The molecule has 0 aromatic rings. The normalized spacial score (nSPS) is 25.1. The van der Waals surface area contributed by atoms with Crippen LogP contribution in [0.25, 0.3) is 0 Å². The topological polar surface area (TPSA) is 43.4 Å². The standard InChI is InChI=1S/C18H31BrO3/c1-2-22-17(21)18(14-11-15-19)13-10-8-6-4-3-5-7-9-12-16(18)20/h2-15H2,1H3. The zero-order valence-electron chi connectivity index (χ0n) is 14.0. The first kappa shape index (κ1) is 19.7. The van der Waals surface area contributed by atoms with Crippen molar-refractivity contribution in [1.82, 2.24) is 0 Å². The quantitative estimate of drug-likeness (QED) is 0.377. The predicted octanol–water partition coefficient (Wildman–Crippen LogP) is 5.19. The number of rotatable bonds is 5. The molecule has 0 N–H and O–H groups in total. The summed E-state index contributed by atoms with van der Waals surface area (Å²) >= 11 is 3.43. The van der Waals surface area contributed by atoms with Gasteiger partial charge in [0.1, 0.15) is 11.2 Å². The zero-order chi connectivity index (χ0) is 16.3. The van der Waals surface area contributed by atoms with Gasteiger partial charge in [-0.1, -0.05) is 60.9 Å². The second-order valence-corrected chi connectivity index (χ2v) is 7.14. The van der Waals surface area contributed by atoms with Crippen LogP contribution in [-0.2, 0) is 14.3 Å². The maximum Gasteiger partial charge on any atom is 0.319 e. The van der Waals surface area contributed by atoms with Crippen LogP contribution in [0.1, 0.15) is 84.0 Å². The maximum atomic E-state index is 12.9. The Balaban J connectivity index is 2.89. The maximum absolute atomic E-state index is 12.9. The first-order chi connectivity index (χ1) is 10.7. The van der Waals surface area contributed by atoms with E-state index in [2.05, 4.69) is 15.9 Å². The van der Waals surface area contributed by atoms with Gasteiger partial charge in [-0.3, -0.25) is 9.59 Å². The third-order valence-electron chi connectivity index (χ3n) is 4.69. The second-order valence-electron chi connectivity index (χ2n) is 6.35. The van der Waals surface area contributed by atoms with Gasteiger partial charge in [0.2, 0.25) is 0 Å². The molecule has 1 aliphatic carbocycles. The minimum atomic E-state index is -0.886. The van der Waals surface area contributed by atoms with E-state index in [1.54, 1.807) is 0 Å². The molecule has 0 bridgehead atoms. The smallest absolute Gasteiger partial charge is 0.319 e. The van der Waals surface area contributed by atoms with E-state index in [0.717, 1.165) is 37.4 Å². The molecule has 3 nitrogen and oxygen atoms in total. The Morgan fingerprint density at radius 1 is 1.09 bits per heavy atom. The van der Waals surface area contributed by atoms with E-state index in [-0.39, 0.29) is 11.8 Å². The highest BCUT2D eigenvalue weighted by molar-refractivity contribution is 9.09. The predicted molar refractivity (Wildman–Crippen MR) is 93.3 cm³/mol. The molecule has 1 rings (SSSR count). The third kappa shape index (κ3) is 6.02. The van der Waals surface area contributed by atoms with Crippen LogP contribution >= 0.6 is 15.9 Å². The number of alkyl halides is 1. The number of esters is 1. The van der Waals surface area contributed by atoms with Crippen molar-refractivity contribution in [3.05, 3.63) is 0 Å². The fraction of sp³-hybridized carbons (Fsp3) is 0.889. The Labute approximate surface area is 143 Å². The minimum Gasteiger partial charge on any atom is -0.465 e. The van der Waals surface area contributed by atoms with E-state index in [1.807, 2.05) is 6.92 Å². The molecule has 1 unspecified atom stereocenters. The number of ketones is 1. The van der Waals surface area contributed by atoms with E-state index in [1.165, 1.54) is 25.7 Å². The fourth-order valence-corrected chi connectivity index (χ4v) is 3.65. The van der Waals surface area contributed by atoms with Crippen LogP contribution in [0, 0.1) is 5.41 Å². The van der Waals surface area contributed by atoms with Gasteiger partial charge in [0.25, 0.3) is 0 Å². The highest BCUT2D eigenvalue weighted by Gasteiger charge is 2.45. The van der Waals surface area contributed by atoms with Crippen LogP contribution in [0.5, 0.6) is 0 Å². The van der Waals surface area contributed by atoms with Crippen molar-refractivity contribution in [2.45, 2.75) is 84.0 Å². The number of carbonyl (C=O) groups excluding carboxylic acids is 2. The number of Topliss-reactive ketones (excluding diaryl/α,β-unsaturated/α-hetero) is 1. The molecular weight excluding hydrogens is 344 g/mol. The van der Waals surface area contributed by atoms with Crippen molar-refractivity contribution < 1.29 is 14.3 Å². The fourth-order valence-electron chi connectivity index (χ4n) is 3.37. The van der Waals surface area contributed by atoms with Crippen LogP contribution in [0.3, 0.4) is 0 Å². The molecule has 0 heterocycles. The molecule has 128 valence electrons. The molecular formula is C18H31BrO3. The largest absolute Gasteiger partial charge is 0.465 e. The van der Waals surface area contributed by atoms with Gasteiger partial charge in [-0.2, -0.15) is 0 Å². The van der Waals surface area contributed by atoms with E-state index in [0.29, 0.717) is 25.9 Å². The van der Waals surface area contributed by atoms with Gasteiger partial charge in [0.05, 0.1) is 6.61 Å². The van der Waals surface area contributed by atoms with Crippen LogP contribution < -0.4 is 0 Å². The number of carbonyl (C=O) groups is 2. The lowest BCUT2D eigenvalue weighted by molar-refractivity contribution is -0.161. The third-order valence-corrected chi connectivity index (χ3v) is 5.26. The Morgan fingerprint density at radius 2 is 1.68 bits per heavy atom. The van der Waals surface area contributed by atoms with Crippen molar-refractivity contribution >= 4 is 27.7 Å². The van der Waals surface area contributed by atoms with Crippen molar-refractivity contribution in [2.24, 2.45) is 5.41 Å². The Bertz CT molecular complexity index is 343. The van der Waals surface area contributed by atoms with Crippen molar-refractivity contribution in [1.29, 1.82) is 0 Å². The van der Waals surface area contributed by atoms with Gasteiger partial charge in [0.15, 0.2) is 0 Å². The molecule has 22 heavy (non-hydrogen) atoms. The average molecular weight is 375 g/mol. The Hall–Kier alpha value is -0.380. The lowest BCUT2D eigenvalue weighted by Gasteiger charge is -2.30. The summed E-state index contributed by atoms with van der Waals surface area (Å²) in [6.45, 7) is 2.16. The van der Waals surface area contributed by atoms with Crippen LogP contribution in [-0.4, -0.2) is 23.7 Å². The molecule has 1 fully saturated rings. The highest BCUT2D eigenvalue weighted by Crippen LogP contribution is 2.36. The van der Waals surface area contributed by atoms with Gasteiger partial charge in [0, 0.05) is 11.8 Å². The van der Waals surface area contributed by atoms with E-state index in [4.69, 9.17) is 4.74 Å². The number of hydrogen-bond acceptors (Lipinski definition) is 3. The van der Waals surface area contributed by atoms with Gasteiger partial charge in [-0.05, 0) is 32.6 Å². The molecule has 0 aliphatic heterocycles. The van der Waals surface area contributed by atoms with E-state index in [9.17, 15) is 9.59 Å².